The molecule has 2 heterocycles. The highest BCUT2D eigenvalue weighted by molar-refractivity contribution is 7.99. The number of hydrogen-bond acceptors (Lipinski definition) is 5. The van der Waals surface area contributed by atoms with Gasteiger partial charge in [-0.2, -0.15) is 11.8 Å². The molecule has 2 aromatic carbocycles. The second-order valence-electron chi connectivity index (χ2n) is 8.04. The molecule has 1 amide bonds. The Morgan fingerprint density at radius 3 is 2.62 bits per heavy atom. The molecule has 0 spiro atoms. The van der Waals surface area contributed by atoms with E-state index in [1.807, 2.05) is 54.4 Å². The molecular formula is C27H30N4OS2. The molecule has 0 aliphatic rings. The number of amides is 1. The molecule has 176 valence electrons. The molecule has 0 saturated carbocycles. The summed E-state index contributed by atoms with van der Waals surface area (Å²) in [6.45, 7) is 3.66. The summed E-state index contributed by atoms with van der Waals surface area (Å²) in [4.78, 5) is 21.6. The first kappa shape index (κ1) is 24.4. The van der Waals surface area contributed by atoms with Gasteiger partial charge in [-0.15, -0.1) is 0 Å². The SMILES string of the molecule is CCCSCCCNC(=O)c1ccc(CSc2nc3ccncc3n2Cc2ccccc2)cc1. The second-order valence-corrected chi connectivity index (χ2v) is 10.2. The summed E-state index contributed by atoms with van der Waals surface area (Å²) in [6, 6.07) is 20.2. The number of imidazole rings is 1. The van der Waals surface area contributed by atoms with E-state index in [0.717, 1.165) is 52.8 Å². The van der Waals surface area contributed by atoms with Gasteiger partial charge in [-0.25, -0.2) is 4.98 Å². The molecule has 34 heavy (non-hydrogen) atoms. The van der Waals surface area contributed by atoms with Gasteiger partial charge in [-0.3, -0.25) is 9.78 Å². The minimum atomic E-state index is -0.00292. The number of rotatable bonds is 12. The molecule has 1 N–H and O–H groups in total. The Bertz CT molecular complexity index is 1190. The lowest BCUT2D eigenvalue weighted by Crippen LogP contribution is -2.24. The van der Waals surface area contributed by atoms with Crippen LogP contribution in [0, 0.1) is 0 Å². The third-order valence-corrected chi connectivity index (χ3v) is 7.70. The zero-order valence-corrected chi connectivity index (χ0v) is 21.1. The Hall–Kier alpha value is -2.77. The van der Waals surface area contributed by atoms with Gasteiger partial charge in [-0.1, -0.05) is 61.2 Å². The monoisotopic (exact) mass is 490 g/mol. The van der Waals surface area contributed by atoms with Crippen molar-refractivity contribution in [3.63, 3.8) is 0 Å². The van der Waals surface area contributed by atoms with Crippen molar-refractivity contribution in [2.75, 3.05) is 18.1 Å². The molecule has 5 nitrogen and oxygen atoms in total. The maximum atomic E-state index is 12.4. The molecular weight excluding hydrogens is 460 g/mol. The van der Waals surface area contributed by atoms with Crippen molar-refractivity contribution >= 4 is 40.5 Å². The van der Waals surface area contributed by atoms with Crippen LogP contribution in [0.2, 0.25) is 0 Å². The predicted octanol–water partition coefficient (Wildman–Crippen LogP) is 6.04. The topological polar surface area (TPSA) is 59.8 Å². The van der Waals surface area contributed by atoms with E-state index in [1.54, 1.807) is 18.0 Å². The van der Waals surface area contributed by atoms with Crippen molar-refractivity contribution < 1.29 is 4.79 Å². The lowest BCUT2D eigenvalue weighted by molar-refractivity contribution is 0.0954. The maximum Gasteiger partial charge on any atom is 0.251 e. The molecule has 2 aromatic heterocycles. The number of pyridine rings is 1. The van der Waals surface area contributed by atoms with Gasteiger partial charge >= 0.3 is 0 Å². The molecule has 7 heteroatoms. The van der Waals surface area contributed by atoms with E-state index >= 15 is 0 Å². The quantitative estimate of drug-likeness (QED) is 0.194. The summed E-state index contributed by atoms with van der Waals surface area (Å²) in [5.41, 5.74) is 5.08. The van der Waals surface area contributed by atoms with E-state index < -0.39 is 0 Å². The third kappa shape index (κ3) is 6.64. The molecule has 0 unspecified atom stereocenters. The van der Waals surface area contributed by atoms with Gasteiger partial charge in [0.1, 0.15) is 0 Å². The van der Waals surface area contributed by atoms with Crippen molar-refractivity contribution in [2.24, 2.45) is 0 Å². The molecule has 4 aromatic rings. The molecule has 0 saturated heterocycles. The second kappa shape index (κ2) is 12.6. The highest BCUT2D eigenvalue weighted by Gasteiger charge is 2.12. The Labute approximate surface area is 209 Å². The van der Waals surface area contributed by atoms with Gasteiger partial charge < -0.3 is 9.88 Å². The van der Waals surface area contributed by atoms with Crippen molar-refractivity contribution in [2.45, 2.75) is 37.2 Å². The highest BCUT2D eigenvalue weighted by atomic mass is 32.2. The number of carbonyl (C=O) groups is 1. The first-order chi connectivity index (χ1) is 16.7. The molecule has 0 bridgehead atoms. The molecule has 0 fully saturated rings. The zero-order chi connectivity index (χ0) is 23.6. The van der Waals surface area contributed by atoms with Crippen LogP contribution in [0.25, 0.3) is 11.0 Å². The Balaban J connectivity index is 1.36. The summed E-state index contributed by atoms with van der Waals surface area (Å²) in [7, 11) is 0. The van der Waals surface area contributed by atoms with E-state index in [1.165, 1.54) is 17.7 Å². The van der Waals surface area contributed by atoms with E-state index in [-0.39, 0.29) is 5.91 Å². The van der Waals surface area contributed by atoms with Crippen molar-refractivity contribution in [1.29, 1.82) is 0 Å². The number of nitrogens with zero attached hydrogens (tertiary/aromatic N) is 3. The molecule has 0 radical (unpaired) electrons. The fourth-order valence-corrected chi connectivity index (χ4v) is 5.41. The largest absolute Gasteiger partial charge is 0.352 e. The van der Waals surface area contributed by atoms with Crippen molar-refractivity contribution in [3.8, 4) is 0 Å². The number of benzene rings is 2. The third-order valence-electron chi connectivity index (χ3n) is 5.38. The van der Waals surface area contributed by atoms with Crippen LogP contribution < -0.4 is 5.32 Å². The summed E-state index contributed by atoms with van der Waals surface area (Å²) < 4.78 is 2.23. The van der Waals surface area contributed by atoms with Crippen LogP contribution in [0.5, 0.6) is 0 Å². The number of fused-ring (bicyclic) bond motifs is 1. The van der Waals surface area contributed by atoms with Crippen molar-refractivity contribution in [3.05, 3.63) is 89.7 Å². The van der Waals surface area contributed by atoms with Crippen LogP contribution in [-0.4, -0.2) is 38.5 Å². The van der Waals surface area contributed by atoms with Crippen LogP contribution >= 0.6 is 23.5 Å². The number of thioether (sulfide) groups is 2. The minimum absolute atomic E-state index is 0.00292. The van der Waals surface area contributed by atoms with Gasteiger partial charge in [0.15, 0.2) is 5.16 Å². The number of aromatic nitrogens is 3. The Morgan fingerprint density at radius 1 is 1.00 bits per heavy atom. The number of hydrogen-bond donors (Lipinski definition) is 1. The first-order valence-electron chi connectivity index (χ1n) is 11.7. The number of carbonyl (C=O) groups excluding carboxylic acids is 1. The van der Waals surface area contributed by atoms with E-state index in [2.05, 4.69) is 46.1 Å². The lowest BCUT2D eigenvalue weighted by Gasteiger charge is -2.09. The van der Waals surface area contributed by atoms with Gasteiger partial charge in [0.2, 0.25) is 0 Å². The van der Waals surface area contributed by atoms with Crippen LogP contribution in [0.1, 0.15) is 41.3 Å². The van der Waals surface area contributed by atoms with E-state index in [9.17, 15) is 4.79 Å². The fraction of sp³-hybridized carbons (Fsp3) is 0.296. The highest BCUT2D eigenvalue weighted by Crippen LogP contribution is 2.27. The summed E-state index contributed by atoms with van der Waals surface area (Å²) in [5.74, 6) is 3.06. The summed E-state index contributed by atoms with van der Waals surface area (Å²) >= 11 is 3.65. The number of nitrogens with one attached hydrogen (secondary N) is 1. The lowest BCUT2D eigenvalue weighted by atomic mass is 10.1. The van der Waals surface area contributed by atoms with Crippen LogP contribution in [-0.2, 0) is 12.3 Å². The van der Waals surface area contributed by atoms with Gasteiger partial charge in [0.05, 0.1) is 23.8 Å². The standard InChI is InChI=1S/C27H30N4OS2/c1-2-16-33-17-6-14-29-26(32)23-11-9-22(10-12-23)20-34-27-30-24-13-15-28-18-25(24)31(27)19-21-7-4-3-5-8-21/h3-5,7-13,15,18H,2,6,14,16-17,19-20H2,1H3,(H,29,32). The smallest absolute Gasteiger partial charge is 0.251 e. The van der Waals surface area contributed by atoms with Crippen LogP contribution in [0.3, 0.4) is 0 Å². The van der Waals surface area contributed by atoms with E-state index in [4.69, 9.17) is 4.98 Å². The average Bonchev–Trinajstić information content (AvgIpc) is 3.23. The molecule has 0 aliphatic heterocycles. The van der Waals surface area contributed by atoms with Gasteiger partial charge in [-0.05, 0) is 53.7 Å². The van der Waals surface area contributed by atoms with Crippen LogP contribution in [0.4, 0.5) is 0 Å². The minimum Gasteiger partial charge on any atom is -0.352 e. The summed E-state index contributed by atoms with van der Waals surface area (Å²) in [6.07, 6.45) is 5.87. The molecule has 0 atom stereocenters. The van der Waals surface area contributed by atoms with Gasteiger partial charge in [0, 0.05) is 24.1 Å². The fourth-order valence-electron chi connectivity index (χ4n) is 3.60. The Morgan fingerprint density at radius 2 is 1.82 bits per heavy atom. The molecule has 0 aliphatic carbocycles. The van der Waals surface area contributed by atoms with Gasteiger partial charge in [0.25, 0.3) is 5.91 Å². The maximum absolute atomic E-state index is 12.4. The average molecular weight is 491 g/mol. The first-order valence-corrected chi connectivity index (χ1v) is 13.8. The zero-order valence-electron chi connectivity index (χ0n) is 19.4. The Kier molecular flexibility index (Phi) is 9.04. The van der Waals surface area contributed by atoms with E-state index in [0.29, 0.717) is 5.56 Å². The summed E-state index contributed by atoms with van der Waals surface area (Å²) in [5, 5.41) is 3.99. The van der Waals surface area contributed by atoms with Crippen LogP contribution in [0.15, 0.2) is 78.2 Å². The molecule has 4 rings (SSSR count). The van der Waals surface area contributed by atoms with Crippen molar-refractivity contribution in [1.82, 2.24) is 19.9 Å². The normalized spacial score (nSPS) is 11.1. The predicted molar refractivity (Wildman–Crippen MR) is 144 cm³/mol.